The molecular formula is C19H21NO3. The monoisotopic (exact) mass is 311 g/mol. The van der Waals surface area contributed by atoms with Crippen LogP contribution >= 0.6 is 0 Å². The van der Waals surface area contributed by atoms with E-state index >= 15 is 0 Å². The smallest absolute Gasteiger partial charge is 0.335 e. The number of carbonyl (C=O) groups excluding carboxylic acids is 1. The fourth-order valence-corrected chi connectivity index (χ4v) is 2.52. The van der Waals surface area contributed by atoms with Crippen LogP contribution in [0.2, 0.25) is 0 Å². The summed E-state index contributed by atoms with van der Waals surface area (Å²) in [6, 6.07) is 16.2. The molecule has 2 rings (SSSR count). The topological polar surface area (TPSA) is 66.4 Å². The Kier molecular flexibility index (Phi) is 5.52. The lowest BCUT2D eigenvalue weighted by atomic mass is 9.95. The fourth-order valence-electron chi connectivity index (χ4n) is 2.52. The number of hydrogen-bond donors (Lipinski definition) is 2. The molecule has 0 heterocycles. The Balaban J connectivity index is 2.08. The zero-order valence-electron chi connectivity index (χ0n) is 13.3. The molecule has 2 N–H and O–H groups in total. The van der Waals surface area contributed by atoms with Crippen LogP contribution in [-0.2, 0) is 11.2 Å². The van der Waals surface area contributed by atoms with Gasteiger partial charge in [-0.1, -0.05) is 56.3 Å². The Morgan fingerprint density at radius 1 is 1.04 bits per heavy atom. The van der Waals surface area contributed by atoms with Gasteiger partial charge in [0, 0.05) is 0 Å². The largest absolute Gasteiger partial charge is 0.478 e. The molecule has 0 aliphatic carbocycles. The summed E-state index contributed by atoms with van der Waals surface area (Å²) in [5, 5.41) is 12.1. The highest BCUT2D eigenvalue weighted by Gasteiger charge is 2.18. The van der Waals surface area contributed by atoms with Crippen LogP contribution in [0, 0.1) is 5.92 Å². The molecule has 0 saturated carbocycles. The minimum absolute atomic E-state index is 0.0636. The molecule has 0 saturated heterocycles. The van der Waals surface area contributed by atoms with E-state index in [0.717, 1.165) is 5.56 Å². The molecule has 23 heavy (non-hydrogen) atoms. The van der Waals surface area contributed by atoms with Crippen molar-refractivity contribution in [3.8, 4) is 0 Å². The molecule has 1 atom stereocenters. The Morgan fingerprint density at radius 2 is 1.74 bits per heavy atom. The summed E-state index contributed by atoms with van der Waals surface area (Å²) in [5.74, 6) is -0.849. The predicted octanol–water partition coefficient (Wildman–Crippen LogP) is 3.44. The molecule has 4 heteroatoms. The standard InChI is InChI=1S/C19H21NO3/c1-13(2)18(15-8-4-3-5-9-15)20-17(21)12-14-7-6-10-16(11-14)19(22)23/h3-11,13,18H,12H2,1-2H3,(H,20,21)(H,22,23). The van der Waals surface area contributed by atoms with E-state index in [1.54, 1.807) is 12.1 Å². The van der Waals surface area contributed by atoms with Gasteiger partial charge in [-0.15, -0.1) is 0 Å². The summed E-state index contributed by atoms with van der Waals surface area (Å²) in [7, 11) is 0. The minimum atomic E-state index is -0.989. The van der Waals surface area contributed by atoms with Crippen molar-refractivity contribution in [2.24, 2.45) is 5.92 Å². The van der Waals surface area contributed by atoms with Gasteiger partial charge in [-0.25, -0.2) is 4.79 Å². The molecule has 1 amide bonds. The van der Waals surface area contributed by atoms with E-state index in [0.29, 0.717) is 5.56 Å². The maximum absolute atomic E-state index is 12.3. The first-order valence-corrected chi connectivity index (χ1v) is 7.64. The summed E-state index contributed by atoms with van der Waals surface area (Å²) in [5.41, 5.74) is 1.95. The van der Waals surface area contributed by atoms with Crippen molar-refractivity contribution in [3.63, 3.8) is 0 Å². The molecular weight excluding hydrogens is 290 g/mol. The van der Waals surface area contributed by atoms with E-state index in [1.165, 1.54) is 12.1 Å². The number of carboxylic acid groups (broad SMARTS) is 1. The van der Waals surface area contributed by atoms with Crippen LogP contribution < -0.4 is 5.32 Å². The van der Waals surface area contributed by atoms with Gasteiger partial charge in [-0.05, 0) is 29.2 Å². The summed E-state index contributed by atoms with van der Waals surface area (Å²) < 4.78 is 0. The predicted molar refractivity (Wildman–Crippen MR) is 89.3 cm³/mol. The van der Waals surface area contributed by atoms with Gasteiger partial charge in [0.2, 0.25) is 5.91 Å². The normalized spacial score (nSPS) is 12.0. The summed E-state index contributed by atoms with van der Waals surface area (Å²) in [6.45, 7) is 4.12. The van der Waals surface area contributed by atoms with E-state index < -0.39 is 5.97 Å². The minimum Gasteiger partial charge on any atom is -0.478 e. The average molecular weight is 311 g/mol. The number of amides is 1. The Morgan fingerprint density at radius 3 is 2.35 bits per heavy atom. The van der Waals surface area contributed by atoms with Crippen LogP contribution in [0.4, 0.5) is 0 Å². The van der Waals surface area contributed by atoms with E-state index in [9.17, 15) is 9.59 Å². The third-order valence-electron chi connectivity index (χ3n) is 3.68. The first-order chi connectivity index (χ1) is 11.0. The van der Waals surface area contributed by atoms with Crippen LogP contribution in [0.5, 0.6) is 0 Å². The molecule has 0 aliphatic heterocycles. The van der Waals surface area contributed by atoms with Crippen LogP contribution in [-0.4, -0.2) is 17.0 Å². The highest BCUT2D eigenvalue weighted by Crippen LogP contribution is 2.21. The average Bonchev–Trinajstić information content (AvgIpc) is 2.53. The molecule has 0 aromatic heterocycles. The van der Waals surface area contributed by atoms with Gasteiger partial charge in [-0.3, -0.25) is 4.79 Å². The van der Waals surface area contributed by atoms with E-state index in [1.807, 2.05) is 30.3 Å². The SMILES string of the molecule is CC(C)C(NC(=O)Cc1cccc(C(=O)O)c1)c1ccccc1. The molecule has 4 nitrogen and oxygen atoms in total. The van der Waals surface area contributed by atoms with Crippen molar-refractivity contribution in [2.45, 2.75) is 26.3 Å². The molecule has 0 aliphatic rings. The molecule has 2 aromatic rings. The number of carbonyl (C=O) groups is 2. The lowest BCUT2D eigenvalue weighted by Gasteiger charge is -2.23. The van der Waals surface area contributed by atoms with Crippen LogP contribution in [0.25, 0.3) is 0 Å². The number of nitrogens with one attached hydrogen (secondary N) is 1. The van der Waals surface area contributed by atoms with Crippen molar-refractivity contribution in [1.29, 1.82) is 0 Å². The quantitative estimate of drug-likeness (QED) is 0.859. The van der Waals surface area contributed by atoms with Crippen molar-refractivity contribution >= 4 is 11.9 Å². The molecule has 120 valence electrons. The number of aromatic carboxylic acids is 1. The summed E-state index contributed by atoms with van der Waals surface area (Å²) in [4.78, 5) is 23.3. The summed E-state index contributed by atoms with van der Waals surface area (Å²) >= 11 is 0. The Labute approximate surface area is 136 Å². The molecule has 1 unspecified atom stereocenters. The van der Waals surface area contributed by atoms with Crippen LogP contribution in [0.3, 0.4) is 0 Å². The Bertz CT molecular complexity index is 680. The van der Waals surface area contributed by atoms with Crippen LogP contribution in [0.1, 0.15) is 41.4 Å². The number of hydrogen-bond acceptors (Lipinski definition) is 2. The third-order valence-corrected chi connectivity index (χ3v) is 3.68. The first-order valence-electron chi connectivity index (χ1n) is 7.64. The summed E-state index contributed by atoms with van der Waals surface area (Å²) in [6.07, 6.45) is 0.164. The van der Waals surface area contributed by atoms with E-state index in [2.05, 4.69) is 19.2 Å². The third kappa shape index (κ3) is 4.68. The highest BCUT2D eigenvalue weighted by atomic mass is 16.4. The lowest BCUT2D eigenvalue weighted by molar-refractivity contribution is -0.121. The van der Waals surface area contributed by atoms with Gasteiger partial charge in [0.1, 0.15) is 0 Å². The second-order valence-electron chi connectivity index (χ2n) is 5.88. The van der Waals surface area contributed by atoms with E-state index in [4.69, 9.17) is 5.11 Å². The van der Waals surface area contributed by atoms with Crippen LogP contribution in [0.15, 0.2) is 54.6 Å². The number of carboxylic acids is 1. The van der Waals surface area contributed by atoms with Crippen molar-refractivity contribution in [2.75, 3.05) is 0 Å². The van der Waals surface area contributed by atoms with Gasteiger partial charge in [0.25, 0.3) is 0 Å². The molecule has 0 bridgehead atoms. The number of benzene rings is 2. The highest BCUT2D eigenvalue weighted by molar-refractivity contribution is 5.88. The van der Waals surface area contributed by atoms with Gasteiger partial charge < -0.3 is 10.4 Å². The fraction of sp³-hybridized carbons (Fsp3) is 0.263. The van der Waals surface area contributed by atoms with Gasteiger partial charge >= 0.3 is 5.97 Å². The Hall–Kier alpha value is -2.62. The lowest BCUT2D eigenvalue weighted by Crippen LogP contribution is -2.32. The molecule has 0 radical (unpaired) electrons. The van der Waals surface area contributed by atoms with Crippen molar-refractivity contribution in [1.82, 2.24) is 5.32 Å². The van der Waals surface area contributed by atoms with Gasteiger partial charge in [0.05, 0.1) is 18.0 Å². The zero-order chi connectivity index (χ0) is 16.8. The van der Waals surface area contributed by atoms with Crippen molar-refractivity contribution < 1.29 is 14.7 Å². The first kappa shape index (κ1) is 16.7. The van der Waals surface area contributed by atoms with Crippen molar-refractivity contribution in [3.05, 3.63) is 71.3 Å². The zero-order valence-corrected chi connectivity index (χ0v) is 13.3. The maximum atomic E-state index is 12.3. The van der Waals surface area contributed by atoms with E-state index in [-0.39, 0.29) is 29.9 Å². The molecule has 0 spiro atoms. The van der Waals surface area contributed by atoms with Gasteiger partial charge in [-0.2, -0.15) is 0 Å². The number of rotatable bonds is 6. The second kappa shape index (κ2) is 7.58. The molecule has 2 aromatic carbocycles. The second-order valence-corrected chi connectivity index (χ2v) is 5.88. The maximum Gasteiger partial charge on any atom is 0.335 e. The van der Waals surface area contributed by atoms with Gasteiger partial charge in [0.15, 0.2) is 0 Å². The molecule has 0 fully saturated rings.